The van der Waals surface area contributed by atoms with Gasteiger partial charge in [-0.1, -0.05) is 41.5 Å². The van der Waals surface area contributed by atoms with Gasteiger partial charge in [0.25, 0.3) is 0 Å². The molecule has 0 heterocycles. The molecule has 138 valence electrons. The molecule has 0 bridgehead atoms. The van der Waals surface area contributed by atoms with Gasteiger partial charge in [0.2, 0.25) is 0 Å². The van der Waals surface area contributed by atoms with Crippen LogP contribution in [0.1, 0.15) is 67.2 Å². The molecule has 0 radical (unpaired) electrons. The van der Waals surface area contributed by atoms with E-state index < -0.39 is 18.5 Å². The molecule has 0 aromatic heterocycles. The molecular formula is C17H37F3O2. The van der Waals surface area contributed by atoms with Gasteiger partial charge in [-0.2, -0.15) is 0 Å². The molecule has 0 spiro atoms. The molecule has 0 saturated heterocycles. The number of hydrogen-bond donors (Lipinski definition) is 0. The highest BCUT2D eigenvalue weighted by molar-refractivity contribution is 4.82. The second-order valence-electron chi connectivity index (χ2n) is 6.88. The lowest BCUT2D eigenvalue weighted by Crippen LogP contribution is -2.32. The molecule has 0 aromatic rings. The first-order valence-corrected chi connectivity index (χ1v) is 7.73. The van der Waals surface area contributed by atoms with E-state index in [1.54, 1.807) is 6.92 Å². The van der Waals surface area contributed by atoms with Crippen LogP contribution in [0.3, 0.4) is 0 Å². The second kappa shape index (κ2) is 12.2. The Hall–Kier alpha value is -0.290. The first-order chi connectivity index (χ1) is 8.81. The third-order valence-corrected chi connectivity index (χ3v) is 4.76. The van der Waals surface area contributed by atoms with Crippen LogP contribution in [-0.2, 0) is 0 Å². The highest BCUT2D eigenvalue weighted by Crippen LogP contribution is 2.32. The van der Waals surface area contributed by atoms with Crippen molar-refractivity contribution < 1.29 is 24.1 Å². The summed E-state index contributed by atoms with van der Waals surface area (Å²) in [6, 6.07) is 0. The van der Waals surface area contributed by atoms with E-state index in [2.05, 4.69) is 6.92 Å². The van der Waals surface area contributed by atoms with Crippen LogP contribution in [0, 0.1) is 23.7 Å². The molecule has 0 aromatic carbocycles. The zero-order valence-electron chi connectivity index (χ0n) is 13.7. The summed E-state index contributed by atoms with van der Waals surface area (Å²) in [4.78, 5) is 0. The van der Waals surface area contributed by atoms with Gasteiger partial charge in [0.05, 0.1) is 0 Å². The van der Waals surface area contributed by atoms with Crippen molar-refractivity contribution in [1.29, 1.82) is 0 Å². The van der Waals surface area contributed by atoms with Crippen molar-refractivity contribution in [1.82, 2.24) is 0 Å². The molecule has 2 nitrogen and oxygen atoms in total. The molecule has 2 aliphatic rings. The average Bonchev–Trinajstić information content (AvgIpc) is 2.32. The van der Waals surface area contributed by atoms with E-state index >= 15 is 0 Å². The van der Waals surface area contributed by atoms with Gasteiger partial charge in [-0.15, -0.1) is 0 Å². The summed E-state index contributed by atoms with van der Waals surface area (Å²) in [5, 5.41) is 0. The van der Waals surface area contributed by atoms with Gasteiger partial charge in [0.15, 0.2) is 0 Å². The van der Waals surface area contributed by atoms with Gasteiger partial charge in [-0.05, 0) is 43.4 Å². The topological polar surface area (TPSA) is 63.0 Å². The zero-order chi connectivity index (χ0) is 14.6. The SMILES string of the molecule is C.CC1CC(F)C(C)C(F)C1.CC1CCC(C)C(F)C1.O.O. The summed E-state index contributed by atoms with van der Waals surface area (Å²) in [7, 11) is 0. The van der Waals surface area contributed by atoms with Crippen LogP contribution in [0.5, 0.6) is 0 Å². The fraction of sp³-hybridized carbons (Fsp3) is 1.00. The fourth-order valence-corrected chi connectivity index (χ4v) is 2.98. The van der Waals surface area contributed by atoms with Crippen molar-refractivity contribution in [2.75, 3.05) is 0 Å². The van der Waals surface area contributed by atoms with Crippen molar-refractivity contribution in [3.8, 4) is 0 Å². The summed E-state index contributed by atoms with van der Waals surface area (Å²) in [5.74, 6) is 0.787. The molecule has 22 heavy (non-hydrogen) atoms. The van der Waals surface area contributed by atoms with Crippen LogP contribution in [0.2, 0.25) is 0 Å². The van der Waals surface area contributed by atoms with Crippen LogP contribution in [0.25, 0.3) is 0 Å². The lowest BCUT2D eigenvalue weighted by atomic mass is 9.81. The minimum absolute atomic E-state index is 0. The Morgan fingerprint density at radius 3 is 1.41 bits per heavy atom. The minimum atomic E-state index is -0.918. The quantitative estimate of drug-likeness (QED) is 0.628. The van der Waals surface area contributed by atoms with E-state index in [-0.39, 0.29) is 30.2 Å². The van der Waals surface area contributed by atoms with Crippen molar-refractivity contribution in [2.24, 2.45) is 23.7 Å². The predicted octanol–water partition coefficient (Wildman–Crippen LogP) is 4.50. The molecule has 0 aliphatic heterocycles. The summed E-state index contributed by atoms with van der Waals surface area (Å²) in [6.45, 7) is 7.71. The van der Waals surface area contributed by atoms with E-state index in [0.717, 1.165) is 12.8 Å². The normalized spacial score (nSPS) is 40.8. The van der Waals surface area contributed by atoms with Crippen molar-refractivity contribution in [3.05, 3.63) is 0 Å². The standard InChI is InChI=1S/C8H14F2.C8H15F.CH4.2H2O/c1-5-3-7(9)6(2)8(10)4-5;1-6-3-4-7(2)8(9)5-6;;;/h5-8H,3-4H2,1-2H3;6-8H,3-5H2,1-2H3;1H4;2*1H2. The molecule has 2 aliphatic carbocycles. The third kappa shape index (κ3) is 8.37. The Morgan fingerprint density at radius 1 is 0.636 bits per heavy atom. The largest absolute Gasteiger partial charge is 0.412 e. The van der Waals surface area contributed by atoms with Gasteiger partial charge in [0, 0.05) is 5.92 Å². The van der Waals surface area contributed by atoms with Crippen molar-refractivity contribution in [2.45, 2.75) is 85.7 Å². The second-order valence-corrected chi connectivity index (χ2v) is 6.88. The van der Waals surface area contributed by atoms with Crippen LogP contribution in [0.15, 0.2) is 0 Å². The molecular weight excluding hydrogens is 293 g/mol. The lowest BCUT2D eigenvalue weighted by Gasteiger charge is -2.30. The first-order valence-electron chi connectivity index (χ1n) is 7.73. The highest BCUT2D eigenvalue weighted by Gasteiger charge is 2.33. The Labute approximate surface area is 134 Å². The first kappa shape index (κ1) is 26.6. The van der Waals surface area contributed by atoms with E-state index in [1.165, 1.54) is 6.42 Å². The molecule has 4 N–H and O–H groups in total. The number of halogens is 3. The molecule has 5 heteroatoms. The Balaban J connectivity index is -0.000000290. The summed E-state index contributed by atoms with van der Waals surface area (Å²) < 4.78 is 38.5. The van der Waals surface area contributed by atoms with Crippen molar-refractivity contribution in [3.63, 3.8) is 0 Å². The molecule has 5 atom stereocenters. The fourth-order valence-electron chi connectivity index (χ4n) is 2.98. The lowest BCUT2D eigenvalue weighted by molar-refractivity contribution is 0.0603. The molecule has 2 fully saturated rings. The molecule has 2 rings (SSSR count). The van der Waals surface area contributed by atoms with Gasteiger partial charge >= 0.3 is 0 Å². The van der Waals surface area contributed by atoms with E-state index in [9.17, 15) is 13.2 Å². The van der Waals surface area contributed by atoms with Gasteiger partial charge < -0.3 is 11.0 Å². The van der Waals surface area contributed by atoms with E-state index in [1.807, 2.05) is 13.8 Å². The monoisotopic (exact) mass is 330 g/mol. The maximum Gasteiger partial charge on any atom is 0.106 e. The zero-order valence-corrected chi connectivity index (χ0v) is 13.7. The Bertz CT molecular complexity index is 254. The Kier molecular flexibility index (Phi) is 14.7. The number of rotatable bonds is 0. The predicted molar refractivity (Wildman–Crippen MR) is 88.4 cm³/mol. The maximum atomic E-state index is 12.8. The summed E-state index contributed by atoms with van der Waals surface area (Å²) >= 11 is 0. The van der Waals surface area contributed by atoms with Crippen molar-refractivity contribution >= 4 is 0 Å². The van der Waals surface area contributed by atoms with Crippen LogP contribution in [-0.4, -0.2) is 29.5 Å². The highest BCUT2D eigenvalue weighted by atomic mass is 19.1. The van der Waals surface area contributed by atoms with Gasteiger partial charge in [-0.3, -0.25) is 0 Å². The van der Waals surface area contributed by atoms with Gasteiger partial charge in [0.1, 0.15) is 18.5 Å². The van der Waals surface area contributed by atoms with E-state index in [0.29, 0.717) is 24.7 Å². The average molecular weight is 330 g/mol. The minimum Gasteiger partial charge on any atom is -0.412 e. The maximum absolute atomic E-state index is 12.8. The van der Waals surface area contributed by atoms with E-state index in [4.69, 9.17) is 0 Å². The van der Waals surface area contributed by atoms with Gasteiger partial charge in [-0.25, -0.2) is 13.2 Å². The molecule has 2 saturated carbocycles. The van der Waals surface area contributed by atoms with Crippen LogP contribution < -0.4 is 0 Å². The smallest absolute Gasteiger partial charge is 0.106 e. The molecule has 0 amide bonds. The molecule has 5 unspecified atom stereocenters. The summed E-state index contributed by atoms with van der Waals surface area (Å²) in [5.41, 5.74) is 0. The Morgan fingerprint density at radius 2 is 1.05 bits per heavy atom. The number of hydrogen-bond acceptors (Lipinski definition) is 0. The van der Waals surface area contributed by atoms with Crippen LogP contribution >= 0.6 is 0 Å². The third-order valence-electron chi connectivity index (χ3n) is 4.76. The van der Waals surface area contributed by atoms with Crippen LogP contribution in [0.4, 0.5) is 13.2 Å². The number of alkyl halides is 3. The summed E-state index contributed by atoms with van der Waals surface area (Å²) in [6.07, 6.45) is 1.83.